The third kappa shape index (κ3) is 6.62. The Morgan fingerprint density at radius 3 is 2.79 bits per heavy atom. The summed E-state index contributed by atoms with van der Waals surface area (Å²) in [6.07, 6.45) is 2.30. The molecular formula is C22H31N3O2S. The molecule has 2 aromatic rings. The zero-order valence-corrected chi connectivity index (χ0v) is 17.7. The highest BCUT2D eigenvalue weighted by Crippen LogP contribution is 2.16. The average molecular weight is 402 g/mol. The number of aliphatic imine (C=N–C) groups is 1. The topological polar surface area (TPSA) is 54.9 Å². The molecule has 1 fully saturated rings. The van der Waals surface area contributed by atoms with Crippen LogP contribution in [0, 0.1) is 6.92 Å². The van der Waals surface area contributed by atoms with E-state index in [1.807, 2.05) is 0 Å². The minimum Gasteiger partial charge on any atom is -0.381 e. The highest BCUT2D eigenvalue weighted by molar-refractivity contribution is 7.10. The normalized spacial score (nSPS) is 15.6. The van der Waals surface area contributed by atoms with Gasteiger partial charge < -0.3 is 20.1 Å². The summed E-state index contributed by atoms with van der Waals surface area (Å²) in [5.41, 5.74) is 3.72. The smallest absolute Gasteiger partial charge is 0.191 e. The summed E-state index contributed by atoms with van der Waals surface area (Å²) in [5.74, 6) is 0.846. The lowest BCUT2D eigenvalue weighted by Gasteiger charge is -2.22. The van der Waals surface area contributed by atoms with Gasteiger partial charge in [0.1, 0.15) is 0 Å². The Hall–Kier alpha value is -1.89. The van der Waals surface area contributed by atoms with Gasteiger partial charge >= 0.3 is 0 Å². The minimum absolute atomic E-state index is 0.320. The molecule has 3 rings (SSSR count). The summed E-state index contributed by atoms with van der Waals surface area (Å²) >= 11 is 1.78. The van der Waals surface area contributed by atoms with E-state index in [1.54, 1.807) is 11.3 Å². The molecule has 1 saturated heterocycles. The molecule has 0 saturated carbocycles. The van der Waals surface area contributed by atoms with Crippen LogP contribution in [0.15, 0.2) is 40.7 Å². The van der Waals surface area contributed by atoms with Crippen molar-refractivity contribution in [1.29, 1.82) is 0 Å². The molecule has 0 atom stereocenters. The van der Waals surface area contributed by atoms with Crippen molar-refractivity contribution in [2.75, 3.05) is 19.8 Å². The summed E-state index contributed by atoms with van der Waals surface area (Å²) in [7, 11) is 0. The van der Waals surface area contributed by atoms with Crippen molar-refractivity contribution in [1.82, 2.24) is 10.6 Å². The first-order chi connectivity index (χ1) is 13.7. The minimum atomic E-state index is 0.320. The molecule has 0 amide bonds. The van der Waals surface area contributed by atoms with Crippen LogP contribution in [-0.2, 0) is 29.2 Å². The van der Waals surface area contributed by atoms with Crippen LogP contribution in [0.1, 0.15) is 41.3 Å². The van der Waals surface area contributed by atoms with Gasteiger partial charge in [-0.2, -0.15) is 0 Å². The Morgan fingerprint density at radius 1 is 1.21 bits per heavy atom. The van der Waals surface area contributed by atoms with E-state index in [4.69, 9.17) is 14.5 Å². The Kier molecular flexibility index (Phi) is 8.33. The Balaban J connectivity index is 1.53. The van der Waals surface area contributed by atoms with Crippen molar-refractivity contribution in [2.24, 2.45) is 4.99 Å². The Labute approximate surface area is 172 Å². The number of rotatable bonds is 8. The number of ether oxygens (including phenoxy) is 2. The number of guanidine groups is 1. The average Bonchev–Trinajstić information content (AvgIpc) is 3.14. The Morgan fingerprint density at radius 2 is 2.04 bits per heavy atom. The second-order valence-corrected chi connectivity index (χ2v) is 8.02. The summed E-state index contributed by atoms with van der Waals surface area (Å²) in [6, 6.07) is 10.7. The van der Waals surface area contributed by atoms with Gasteiger partial charge in [0.25, 0.3) is 0 Å². The molecule has 0 radical (unpaired) electrons. The van der Waals surface area contributed by atoms with E-state index in [0.29, 0.717) is 19.3 Å². The maximum atomic E-state index is 6.04. The summed E-state index contributed by atoms with van der Waals surface area (Å²) in [4.78, 5) is 6.09. The molecule has 1 aliphatic rings. The second kappa shape index (κ2) is 11.2. The van der Waals surface area contributed by atoms with Gasteiger partial charge in [-0.05, 0) is 54.8 Å². The van der Waals surface area contributed by atoms with E-state index in [1.165, 1.54) is 21.6 Å². The fourth-order valence-corrected chi connectivity index (χ4v) is 3.98. The molecule has 5 nitrogen and oxygen atoms in total. The number of hydrogen-bond acceptors (Lipinski definition) is 4. The van der Waals surface area contributed by atoms with Crippen LogP contribution >= 0.6 is 11.3 Å². The quantitative estimate of drug-likeness (QED) is 0.518. The zero-order valence-electron chi connectivity index (χ0n) is 16.9. The van der Waals surface area contributed by atoms with Gasteiger partial charge in [-0.1, -0.05) is 24.3 Å². The number of benzene rings is 1. The van der Waals surface area contributed by atoms with Crippen molar-refractivity contribution in [3.8, 4) is 0 Å². The van der Waals surface area contributed by atoms with Gasteiger partial charge in [0, 0.05) is 24.6 Å². The lowest BCUT2D eigenvalue weighted by Crippen LogP contribution is -2.36. The molecule has 2 N–H and O–H groups in total. The number of nitrogens with zero attached hydrogens (tertiary/aromatic N) is 1. The third-order valence-electron chi connectivity index (χ3n) is 4.79. The fourth-order valence-electron chi connectivity index (χ4n) is 3.14. The maximum Gasteiger partial charge on any atom is 0.191 e. The van der Waals surface area contributed by atoms with E-state index < -0.39 is 0 Å². The molecule has 1 aliphatic heterocycles. The van der Waals surface area contributed by atoms with Crippen molar-refractivity contribution < 1.29 is 9.47 Å². The molecule has 2 heterocycles. The van der Waals surface area contributed by atoms with Gasteiger partial charge in [0.2, 0.25) is 0 Å². The third-order valence-corrected chi connectivity index (χ3v) is 5.82. The summed E-state index contributed by atoms with van der Waals surface area (Å²) in [5, 5.41) is 8.88. The lowest BCUT2D eigenvalue weighted by atomic mass is 10.1. The van der Waals surface area contributed by atoms with Gasteiger partial charge in [0.05, 0.1) is 25.8 Å². The van der Waals surface area contributed by atoms with Gasteiger partial charge in [0.15, 0.2) is 5.96 Å². The predicted molar refractivity (Wildman–Crippen MR) is 116 cm³/mol. The lowest BCUT2D eigenvalue weighted by molar-refractivity contribution is -0.0390. The van der Waals surface area contributed by atoms with E-state index in [0.717, 1.165) is 45.1 Å². The maximum absolute atomic E-state index is 6.04. The summed E-state index contributed by atoms with van der Waals surface area (Å²) < 4.78 is 11.4. The number of aryl methyl sites for hydroxylation is 1. The SMILES string of the molecule is CCNC(=NCc1cccc(COC2CCOCC2)c1)NCc1sccc1C. The second-order valence-electron chi connectivity index (χ2n) is 7.02. The number of hydrogen-bond donors (Lipinski definition) is 2. The van der Waals surface area contributed by atoms with E-state index >= 15 is 0 Å². The molecular weight excluding hydrogens is 370 g/mol. The van der Waals surface area contributed by atoms with E-state index in [-0.39, 0.29) is 0 Å². The van der Waals surface area contributed by atoms with Crippen molar-refractivity contribution in [2.45, 2.75) is 52.5 Å². The van der Waals surface area contributed by atoms with Gasteiger partial charge in [-0.15, -0.1) is 11.3 Å². The molecule has 0 bridgehead atoms. The van der Waals surface area contributed by atoms with Crippen molar-refractivity contribution in [3.05, 3.63) is 57.3 Å². The first kappa shape index (κ1) is 20.8. The molecule has 0 spiro atoms. The summed E-state index contributed by atoms with van der Waals surface area (Å²) in [6.45, 7) is 8.78. The molecule has 152 valence electrons. The highest BCUT2D eigenvalue weighted by Gasteiger charge is 2.14. The van der Waals surface area contributed by atoms with Crippen LogP contribution in [0.5, 0.6) is 0 Å². The number of thiophene rings is 1. The first-order valence-electron chi connectivity index (χ1n) is 10.1. The van der Waals surface area contributed by atoms with Crippen molar-refractivity contribution in [3.63, 3.8) is 0 Å². The molecule has 1 aromatic carbocycles. The van der Waals surface area contributed by atoms with Crippen LogP contribution in [-0.4, -0.2) is 31.8 Å². The van der Waals surface area contributed by atoms with Gasteiger partial charge in [-0.3, -0.25) is 0 Å². The van der Waals surface area contributed by atoms with Crippen LogP contribution in [0.4, 0.5) is 0 Å². The fraction of sp³-hybridized carbons (Fsp3) is 0.500. The molecule has 1 aromatic heterocycles. The van der Waals surface area contributed by atoms with Crippen LogP contribution in [0.25, 0.3) is 0 Å². The molecule has 0 aliphatic carbocycles. The Bertz CT molecular complexity index is 754. The largest absolute Gasteiger partial charge is 0.381 e. The molecule has 28 heavy (non-hydrogen) atoms. The molecule has 6 heteroatoms. The van der Waals surface area contributed by atoms with Crippen LogP contribution in [0.3, 0.4) is 0 Å². The number of nitrogens with one attached hydrogen (secondary N) is 2. The van der Waals surface area contributed by atoms with E-state index in [9.17, 15) is 0 Å². The monoisotopic (exact) mass is 401 g/mol. The van der Waals surface area contributed by atoms with Crippen molar-refractivity contribution >= 4 is 17.3 Å². The van der Waals surface area contributed by atoms with Crippen LogP contribution < -0.4 is 10.6 Å². The van der Waals surface area contributed by atoms with E-state index in [2.05, 4.69) is 60.2 Å². The van der Waals surface area contributed by atoms with Crippen LogP contribution in [0.2, 0.25) is 0 Å². The zero-order chi connectivity index (χ0) is 19.6. The molecule has 0 unspecified atom stereocenters. The predicted octanol–water partition coefficient (Wildman–Crippen LogP) is 4.01. The first-order valence-corrected chi connectivity index (χ1v) is 10.9. The highest BCUT2D eigenvalue weighted by atomic mass is 32.1. The van der Waals surface area contributed by atoms with Gasteiger partial charge in [-0.25, -0.2) is 4.99 Å². The standard InChI is InChI=1S/C22H31N3O2S/c1-3-23-22(25-15-21-17(2)9-12-28-21)24-14-18-5-4-6-19(13-18)16-27-20-7-10-26-11-8-20/h4-6,9,12-13,20H,3,7-8,10-11,14-16H2,1-2H3,(H2,23,24,25).